The number of amides is 1. The Morgan fingerprint density at radius 2 is 2.11 bits per heavy atom. The first kappa shape index (κ1) is 14.8. The molecule has 1 aliphatic rings. The van der Waals surface area contributed by atoms with Crippen molar-refractivity contribution in [2.24, 2.45) is 5.92 Å². The highest BCUT2D eigenvalue weighted by molar-refractivity contribution is 5.69. The van der Waals surface area contributed by atoms with E-state index < -0.39 is 17.7 Å². The summed E-state index contributed by atoms with van der Waals surface area (Å²) in [4.78, 5) is 22.4. The molecule has 2 atom stereocenters. The highest BCUT2D eigenvalue weighted by Gasteiger charge is 2.29. The molecule has 0 aromatic carbocycles. The van der Waals surface area contributed by atoms with Gasteiger partial charge >= 0.3 is 12.1 Å². The number of ether oxygens (including phenoxy) is 1. The topological polar surface area (TPSA) is 87.7 Å². The predicted octanol–water partition coefficient (Wildman–Crippen LogP) is 0.964. The van der Waals surface area contributed by atoms with Crippen LogP contribution in [-0.2, 0) is 9.53 Å². The van der Waals surface area contributed by atoms with E-state index in [4.69, 9.17) is 9.84 Å². The van der Waals surface area contributed by atoms with Crippen molar-refractivity contribution in [2.45, 2.75) is 45.3 Å². The number of piperidine rings is 1. The van der Waals surface area contributed by atoms with Crippen molar-refractivity contribution in [1.82, 2.24) is 10.6 Å². The molecule has 0 aromatic heterocycles. The van der Waals surface area contributed by atoms with E-state index in [9.17, 15) is 9.59 Å². The molecule has 1 saturated heterocycles. The Hall–Kier alpha value is -1.30. The number of carbonyl (C=O) groups excluding carboxylic acids is 1. The van der Waals surface area contributed by atoms with Gasteiger partial charge < -0.3 is 20.5 Å². The third-order valence-electron chi connectivity index (χ3n) is 2.75. The molecule has 1 amide bonds. The Balaban J connectivity index is 2.51. The van der Waals surface area contributed by atoms with Crippen molar-refractivity contribution in [3.63, 3.8) is 0 Å². The van der Waals surface area contributed by atoms with Crippen LogP contribution >= 0.6 is 0 Å². The molecule has 0 aromatic rings. The second-order valence-corrected chi connectivity index (χ2v) is 5.60. The molecule has 1 heterocycles. The van der Waals surface area contributed by atoms with Gasteiger partial charge in [0.05, 0.1) is 6.42 Å². The summed E-state index contributed by atoms with van der Waals surface area (Å²) in [5.41, 5.74) is -0.542. The smallest absolute Gasteiger partial charge is 0.407 e. The van der Waals surface area contributed by atoms with E-state index in [-0.39, 0.29) is 18.4 Å². The average Bonchev–Trinajstić information content (AvgIpc) is 2.17. The largest absolute Gasteiger partial charge is 0.481 e. The lowest BCUT2D eigenvalue weighted by Crippen LogP contribution is -2.51. The molecule has 3 N–H and O–H groups in total. The van der Waals surface area contributed by atoms with Crippen LogP contribution in [0.1, 0.15) is 33.6 Å². The lowest BCUT2D eigenvalue weighted by molar-refractivity contribution is -0.138. The molecule has 2 unspecified atom stereocenters. The summed E-state index contributed by atoms with van der Waals surface area (Å²) in [6.45, 7) is 6.76. The van der Waals surface area contributed by atoms with Crippen LogP contribution in [0.4, 0.5) is 4.79 Å². The summed E-state index contributed by atoms with van der Waals surface area (Å²) in [6, 6.07) is -0.141. The lowest BCUT2D eigenvalue weighted by atomic mass is 9.90. The standard InChI is InChI=1S/C12H22N2O4/c1-12(2,3)18-11(17)14-9-4-5-13-7-8(9)6-10(15)16/h8-9,13H,4-7H2,1-3H3,(H,14,17)(H,15,16). The zero-order valence-electron chi connectivity index (χ0n) is 11.2. The number of carboxylic acids is 1. The van der Waals surface area contributed by atoms with Gasteiger partial charge in [-0.3, -0.25) is 4.79 Å². The first-order valence-electron chi connectivity index (χ1n) is 6.20. The van der Waals surface area contributed by atoms with E-state index >= 15 is 0 Å². The Morgan fingerprint density at radius 1 is 1.44 bits per heavy atom. The average molecular weight is 258 g/mol. The molecule has 6 heteroatoms. The van der Waals surface area contributed by atoms with Crippen molar-refractivity contribution in [3.05, 3.63) is 0 Å². The van der Waals surface area contributed by atoms with Crippen LogP contribution in [0.15, 0.2) is 0 Å². The normalized spacial score (nSPS) is 24.4. The maximum absolute atomic E-state index is 11.7. The molecule has 0 aliphatic carbocycles. The van der Waals surface area contributed by atoms with Crippen LogP contribution < -0.4 is 10.6 Å². The van der Waals surface area contributed by atoms with Gasteiger partial charge in [0.2, 0.25) is 0 Å². The molecule has 6 nitrogen and oxygen atoms in total. The minimum absolute atomic E-state index is 0.0491. The van der Waals surface area contributed by atoms with Crippen LogP contribution in [0.25, 0.3) is 0 Å². The van der Waals surface area contributed by atoms with Crippen LogP contribution in [0.5, 0.6) is 0 Å². The van der Waals surface area contributed by atoms with Crippen LogP contribution in [0, 0.1) is 5.92 Å². The number of carbonyl (C=O) groups is 2. The summed E-state index contributed by atoms with van der Waals surface area (Å²) in [6.07, 6.45) is 0.287. The molecule has 0 radical (unpaired) electrons. The second kappa shape index (κ2) is 6.04. The van der Waals surface area contributed by atoms with Gasteiger partial charge in [-0.2, -0.15) is 0 Å². The van der Waals surface area contributed by atoms with Gasteiger partial charge in [0, 0.05) is 18.5 Å². The van der Waals surface area contributed by atoms with E-state index in [1.54, 1.807) is 20.8 Å². The monoisotopic (exact) mass is 258 g/mol. The number of carboxylic acid groups (broad SMARTS) is 1. The predicted molar refractivity (Wildman–Crippen MR) is 66.4 cm³/mol. The highest BCUT2D eigenvalue weighted by Crippen LogP contribution is 2.16. The highest BCUT2D eigenvalue weighted by atomic mass is 16.6. The van der Waals surface area contributed by atoms with E-state index in [2.05, 4.69) is 10.6 Å². The van der Waals surface area contributed by atoms with E-state index in [0.717, 1.165) is 13.0 Å². The quantitative estimate of drug-likeness (QED) is 0.702. The third kappa shape index (κ3) is 5.35. The number of hydrogen-bond donors (Lipinski definition) is 3. The van der Waals surface area contributed by atoms with E-state index in [1.807, 2.05) is 0 Å². The number of nitrogens with one attached hydrogen (secondary N) is 2. The number of rotatable bonds is 3. The summed E-state index contributed by atoms with van der Waals surface area (Å²) >= 11 is 0. The van der Waals surface area contributed by atoms with Crippen molar-refractivity contribution in [1.29, 1.82) is 0 Å². The van der Waals surface area contributed by atoms with Crippen molar-refractivity contribution >= 4 is 12.1 Å². The van der Waals surface area contributed by atoms with E-state index in [1.165, 1.54) is 0 Å². The molecule has 1 aliphatic heterocycles. The van der Waals surface area contributed by atoms with Crippen molar-refractivity contribution in [2.75, 3.05) is 13.1 Å². The fourth-order valence-corrected chi connectivity index (χ4v) is 2.01. The Kier molecular flexibility index (Phi) is 4.95. The molecule has 104 valence electrons. The third-order valence-corrected chi connectivity index (χ3v) is 2.75. The zero-order chi connectivity index (χ0) is 13.8. The fraction of sp³-hybridized carbons (Fsp3) is 0.833. The van der Waals surface area contributed by atoms with Gasteiger partial charge in [-0.1, -0.05) is 0 Å². The molecule has 1 fully saturated rings. The van der Waals surface area contributed by atoms with Crippen LogP contribution in [0.3, 0.4) is 0 Å². The second-order valence-electron chi connectivity index (χ2n) is 5.60. The molecule has 0 saturated carbocycles. The molecular weight excluding hydrogens is 236 g/mol. The maximum atomic E-state index is 11.7. The van der Waals surface area contributed by atoms with Gasteiger partial charge in [0.1, 0.15) is 5.60 Å². The van der Waals surface area contributed by atoms with Crippen molar-refractivity contribution in [3.8, 4) is 0 Å². The Morgan fingerprint density at radius 3 is 2.67 bits per heavy atom. The van der Waals surface area contributed by atoms with Gasteiger partial charge in [0.15, 0.2) is 0 Å². The number of aliphatic carboxylic acids is 1. The lowest BCUT2D eigenvalue weighted by Gasteiger charge is -2.32. The molecule has 18 heavy (non-hydrogen) atoms. The van der Waals surface area contributed by atoms with Gasteiger partial charge in [-0.25, -0.2) is 4.79 Å². The Bertz CT molecular complexity index is 312. The summed E-state index contributed by atoms with van der Waals surface area (Å²) in [5, 5.41) is 14.7. The number of hydrogen-bond acceptors (Lipinski definition) is 4. The minimum atomic E-state index is -0.848. The fourth-order valence-electron chi connectivity index (χ4n) is 2.01. The van der Waals surface area contributed by atoms with Gasteiger partial charge in [-0.05, 0) is 33.7 Å². The molecule has 0 bridgehead atoms. The SMILES string of the molecule is CC(C)(C)OC(=O)NC1CCNCC1CC(=O)O. The van der Waals surface area contributed by atoms with Crippen molar-refractivity contribution < 1.29 is 19.4 Å². The number of alkyl carbamates (subject to hydrolysis) is 1. The molecule has 0 spiro atoms. The Labute approximate surface area is 107 Å². The first-order chi connectivity index (χ1) is 8.28. The summed E-state index contributed by atoms with van der Waals surface area (Å²) in [5.74, 6) is -0.941. The summed E-state index contributed by atoms with van der Waals surface area (Å²) < 4.78 is 5.18. The van der Waals surface area contributed by atoms with Crippen LogP contribution in [-0.4, -0.2) is 41.9 Å². The van der Waals surface area contributed by atoms with E-state index in [0.29, 0.717) is 6.54 Å². The maximum Gasteiger partial charge on any atom is 0.407 e. The van der Waals surface area contributed by atoms with Gasteiger partial charge in [-0.15, -0.1) is 0 Å². The molecular formula is C12H22N2O4. The summed E-state index contributed by atoms with van der Waals surface area (Å²) in [7, 11) is 0. The van der Waals surface area contributed by atoms with Crippen LogP contribution in [0.2, 0.25) is 0 Å². The zero-order valence-corrected chi connectivity index (χ0v) is 11.2. The van der Waals surface area contributed by atoms with Gasteiger partial charge in [0.25, 0.3) is 0 Å². The molecule has 1 rings (SSSR count). The minimum Gasteiger partial charge on any atom is -0.481 e. The first-order valence-corrected chi connectivity index (χ1v) is 6.20.